The second-order valence-electron chi connectivity index (χ2n) is 8.71. The molecule has 7 nitrogen and oxygen atoms in total. The maximum atomic E-state index is 13.6. The summed E-state index contributed by atoms with van der Waals surface area (Å²) in [4.78, 5) is 31.3. The minimum atomic E-state index is -1.31. The fourth-order valence-corrected chi connectivity index (χ4v) is 5.14. The highest BCUT2D eigenvalue weighted by Crippen LogP contribution is 2.42. The van der Waals surface area contributed by atoms with Gasteiger partial charge in [-0.25, -0.2) is 9.78 Å². The molecule has 0 aliphatic carbocycles. The maximum Gasteiger partial charge on any atom is 0.343 e. The van der Waals surface area contributed by atoms with Crippen molar-refractivity contribution in [3.8, 4) is 17.1 Å². The summed E-state index contributed by atoms with van der Waals surface area (Å²) < 4.78 is 13.3. The topological polar surface area (TPSA) is 90.7 Å². The number of pyridine rings is 2. The number of aromatic hydroxyl groups is 1. The summed E-state index contributed by atoms with van der Waals surface area (Å²) in [6.07, 6.45) is 0.875. The first kappa shape index (κ1) is 20.7. The lowest BCUT2D eigenvalue weighted by atomic mass is 9.85. The Morgan fingerprint density at radius 1 is 1.22 bits per heavy atom. The number of carbonyl (C=O) groups is 1. The molecule has 3 aromatic rings. The number of esters is 1. The van der Waals surface area contributed by atoms with Gasteiger partial charge in [-0.1, -0.05) is 13.8 Å². The average Bonchev–Trinajstić information content (AvgIpc) is 3.12. The number of phenols is 1. The molecule has 1 aromatic carbocycles. The molecule has 166 valence electrons. The van der Waals surface area contributed by atoms with Crippen molar-refractivity contribution < 1.29 is 19.4 Å². The Kier molecular flexibility index (Phi) is 4.64. The number of hydrogen-bond donors (Lipinski definition) is 1. The number of aromatic nitrogens is 2. The van der Waals surface area contributed by atoms with Gasteiger partial charge in [0.2, 0.25) is 0 Å². The number of rotatable bonds is 4. The molecular formula is C25H26N2O5. The van der Waals surface area contributed by atoms with Crippen LogP contribution in [0.2, 0.25) is 0 Å². The van der Waals surface area contributed by atoms with E-state index in [0.29, 0.717) is 29.8 Å². The number of fused-ring (bicyclic) bond motifs is 5. The van der Waals surface area contributed by atoms with Crippen LogP contribution in [0.3, 0.4) is 0 Å². The standard InChI is InChI=1S/C25H26N2O5/c1-5-15-16-9-14(28)7-8-20(16)26-22-17(15)11-27-21(22)10-19-18(23(27)29)12-31-24(30)25(19,6-2)32-13(3)4/h7-10,13,28H,5-6,11-12H2,1-4H3. The minimum absolute atomic E-state index is 0.0588. The monoisotopic (exact) mass is 434 g/mol. The predicted octanol–water partition coefficient (Wildman–Crippen LogP) is 3.78. The number of nitrogens with zero attached hydrogens (tertiary/aromatic N) is 2. The van der Waals surface area contributed by atoms with Crippen LogP contribution in [0.15, 0.2) is 29.1 Å². The number of carbonyl (C=O) groups excluding carboxylic acids is 1. The lowest BCUT2D eigenvalue weighted by molar-refractivity contribution is -0.187. The van der Waals surface area contributed by atoms with E-state index in [2.05, 4.69) is 6.92 Å². The molecule has 1 N–H and O–H groups in total. The van der Waals surface area contributed by atoms with E-state index in [-0.39, 0.29) is 24.0 Å². The molecule has 0 fully saturated rings. The highest BCUT2D eigenvalue weighted by Gasteiger charge is 2.48. The Bertz CT molecular complexity index is 1340. The van der Waals surface area contributed by atoms with Crippen molar-refractivity contribution in [2.75, 3.05) is 0 Å². The lowest BCUT2D eigenvalue weighted by Gasteiger charge is -2.37. The Morgan fingerprint density at radius 2 is 2.00 bits per heavy atom. The van der Waals surface area contributed by atoms with E-state index < -0.39 is 11.6 Å². The van der Waals surface area contributed by atoms with E-state index in [1.165, 1.54) is 0 Å². The Labute approximate surface area is 185 Å². The quantitative estimate of drug-likeness (QED) is 0.492. The highest BCUT2D eigenvalue weighted by atomic mass is 16.6. The second-order valence-corrected chi connectivity index (χ2v) is 8.71. The van der Waals surface area contributed by atoms with Gasteiger partial charge in [0.1, 0.15) is 12.4 Å². The van der Waals surface area contributed by atoms with Crippen LogP contribution in [-0.2, 0) is 39.4 Å². The number of aryl methyl sites for hydroxylation is 1. The van der Waals surface area contributed by atoms with E-state index in [1.54, 1.807) is 22.8 Å². The Balaban J connectivity index is 1.81. The van der Waals surface area contributed by atoms with Crippen molar-refractivity contribution in [3.05, 3.63) is 56.9 Å². The van der Waals surface area contributed by atoms with Gasteiger partial charge in [-0.2, -0.15) is 0 Å². The zero-order chi connectivity index (χ0) is 22.8. The molecule has 2 aromatic heterocycles. The number of phenolic OH excluding ortho intramolecular Hbond substituents is 1. The van der Waals surface area contributed by atoms with Gasteiger partial charge in [0.15, 0.2) is 5.60 Å². The first-order valence-corrected chi connectivity index (χ1v) is 11.1. The molecule has 5 rings (SSSR count). The molecule has 0 spiro atoms. The van der Waals surface area contributed by atoms with Crippen molar-refractivity contribution in [3.63, 3.8) is 0 Å². The van der Waals surface area contributed by atoms with Crippen LogP contribution in [-0.4, -0.2) is 26.7 Å². The van der Waals surface area contributed by atoms with E-state index in [1.807, 2.05) is 26.8 Å². The van der Waals surface area contributed by atoms with Gasteiger partial charge >= 0.3 is 5.97 Å². The molecule has 2 aliphatic heterocycles. The van der Waals surface area contributed by atoms with Crippen LogP contribution in [0.5, 0.6) is 5.75 Å². The molecule has 7 heteroatoms. The third-order valence-electron chi connectivity index (χ3n) is 6.55. The first-order valence-electron chi connectivity index (χ1n) is 11.1. The van der Waals surface area contributed by atoms with Crippen LogP contribution < -0.4 is 5.56 Å². The van der Waals surface area contributed by atoms with Gasteiger partial charge in [0.25, 0.3) is 5.56 Å². The van der Waals surface area contributed by atoms with Crippen LogP contribution in [0, 0.1) is 0 Å². The molecule has 1 atom stereocenters. The van der Waals surface area contributed by atoms with E-state index in [0.717, 1.165) is 34.1 Å². The van der Waals surface area contributed by atoms with Crippen molar-refractivity contribution in [1.29, 1.82) is 0 Å². The Morgan fingerprint density at radius 3 is 2.69 bits per heavy atom. The average molecular weight is 434 g/mol. The normalized spacial score (nSPS) is 19.1. The van der Waals surface area contributed by atoms with Gasteiger partial charge in [-0.3, -0.25) is 4.79 Å². The summed E-state index contributed by atoms with van der Waals surface area (Å²) in [5.74, 6) is -0.272. The minimum Gasteiger partial charge on any atom is -0.508 e. The molecular weight excluding hydrogens is 408 g/mol. The van der Waals surface area contributed by atoms with Gasteiger partial charge in [0, 0.05) is 16.5 Å². The summed E-state index contributed by atoms with van der Waals surface area (Å²) in [5.41, 5.74) is 3.79. The third-order valence-corrected chi connectivity index (χ3v) is 6.55. The van der Waals surface area contributed by atoms with E-state index in [9.17, 15) is 14.7 Å². The van der Waals surface area contributed by atoms with Gasteiger partial charge in [-0.05, 0) is 56.5 Å². The van der Waals surface area contributed by atoms with Crippen molar-refractivity contribution in [2.45, 2.75) is 65.4 Å². The molecule has 0 saturated carbocycles. The van der Waals surface area contributed by atoms with Gasteiger partial charge in [-0.15, -0.1) is 0 Å². The molecule has 4 heterocycles. The first-order chi connectivity index (χ1) is 15.3. The molecule has 2 aliphatic rings. The maximum absolute atomic E-state index is 13.6. The summed E-state index contributed by atoms with van der Waals surface area (Å²) in [5, 5.41) is 10.9. The number of ether oxygens (including phenoxy) is 2. The largest absolute Gasteiger partial charge is 0.508 e. The van der Waals surface area contributed by atoms with Crippen molar-refractivity contribution in [1.82, 2.24) is 9.55 Å². The van der Waals surface area contributed by atoms with Gasteiger partial charge in [0.05, 0.1) is 35.1 Å². The smallest absolute Gasteiger partial charge is 0.343 e. The van der Waals surface area contributed by atoms with Crippen molar-refractivity contribution >= 4 is 16.9 Å². The van der Waals surface area contributed by atoms with Crippen molar-refractivity contribution in [2.24, 2.45) is 0 Å². The highest BCUT2D eigenvalue weighted by molar-refractivity contribution is 5.90. The van der Waals surface area contributed by atoms with Crippen LogP contribution in [0.1, 0.15) is 56.4 Å². The molecule has 1 unspecified atom stereocenters. The predicted molar refractivity (Wildman–Crippen MR) is 120 cm³/mol. The molecule has 0 bridgehead atoms. The molecule has 32 heavy (non-hydrogen) atoms. The molecule has 0 saturated heterocycles. The summed E-state index contributed by atoms with van der Waals surface area (Å²) in [7, 11) is 0. The van der Waals surface area contributed by atoms with E-state index in [4.69, 9.17) is 14.5 Å². The Hall–Kier alpha value is -3.19. The fraction of sp³-hybridized carbons (Fsp3) is 0.400. The number of cyclic esters (lactones) is 1. The summed E-state index contributed by atoms with van der Waals surface area (Å²) >= 11 is 0. The van der Waals surface area contributed by atoms with Crippen LogP contribution >= 0.6 is 0 Å². The number of benzene rings is 1. The zero-order valence-corrected chi connectivity index (χ0v) is 18.7. The SMILES string of the molecule is CCc1c2c(nc3ccc(O)cc13)-c1cc3c(c(=O)n1C2)COC(=O)C3(CC)OC(C)C. The molecule has 0 radical (unpaired) electrons. The van der Waals surface area contributed by atoms with Crippen LogP contribution in [0.25, 0.3) is 22.3 Å². The van der Waals surface area contributed by atoms with Crippen LogP contribution in [0.4, 0.5) is 0 Å². The summed E-state index contributed by atoms with van der Waals surface area (Å²) in [6.45, 7) is 8.00. The third kappa shape index (κ3) is 2.73. The zero-order valence-electron chi connectivity index (χ0n) is 18.7. The second kappa shape index (κ2) is 7.17. The van der Waals surface area contributed by atoms with E-state index >= 15 is 0 Å². The number of hydrogen-bond acceptors (Lipinski definition) is 6. The summed E-state index contributed by atoms with van der Waals surface area (Å²) in [6, 6.07) is 7.03. The fourth-order valence-electron chi connectivity index (χ4n) is 5.14. The lowest BCUT2D eigenvalue weighted by Crippen LogP contribution is -2.47. The molecule has 0 amide bonds. The van der Waals surface area contributed by atoms with Gasteiger partial charge < -0.3 is 19.1 Å².